The Morgan fingerprint density at radius 1 is 1.33 bits per heavy atom. The van der Waals surface area contributed by atoms with Gasteiger partial charge in [-0.05, 0) is 17.7 Å². The molecule has 18 heavy (non-hydrogen) atoms. The molecule has 0 saturated heterocycles. The van der Waals surface area contributed by atoms with E-state index in [0.29, 0.717) is 12.2 Å². The molecule has 0 saturated carbocycles. The molecule has 0 aliphatic rings. The largest absolute Gasteiger partial charge is 0.478 e. The van der Waals surface area contributed by atoms with Crippen molar-refractivity contribution in [3.63, 3.8) is 0 Å². The number of rotatable bonds is 3. The van der Waals surface area contributed by atoms with Crippen LogP contribution in [0.15, 0.2) is 30.5 Å². The van der Waals surface area contributed by atoms with E-state index in [1.54, 1.807) is 12.1 Å². The van der Waals surface area contributed by atoms with Gasteiger partial charge in [-0.2, -0.15) is 0 Å². The quantitative estimate of drug-likeness (QED) is 0.867. The lowest BCUT2D eigenvalue weighted by Crippen LogP contribution is -2.04. The van der Waals surface area contributed by atoms with Gasteiger partial charge in [-0.25, -0.2) is 19.2 Å². The Kier molecular flexibility index (Phi) is 3.53. The third kappa shape index (κ3) is 2.81. The van der Waals surface area contributed by atoms with Gasteiger partial charge in [0.25, 0.3) is 0 Å². The van der Waals surface area contributed by atoms with E-state index in [0.717, 1.165) is 11.8 Å². The number of aromatic carboxylic acids is 1. The molecule has 0 aliphatic heterocycles. The van der Waals surface area contributed by atoms with Crippen molar-refractivity contribution in [1.82, 2.24) is 9.97 Å². The van der Waals surface area contributed by atoms with Crippen LogP contribution in [0.1, 0.15) is 21.7 Å². The van der Waals surface area contributed by atoms with Crippen molar-refractivity contribution in [1.29, 1.82) is 0 Å². The maximum absolute atomic E-state index is 12.7. The Morgan fingerprint density at radius 3 is 2.56 bits per heavy atom. The number of hydrogen-bond donors (Lipinski definition) is 1. The third-order valence-electron chi connectivity index (χ3n) is 2.30. The normalized spacial score (nSPS) is 10.3. The minimum atomic E-state index is -1.17. The zero-order valence-electron chi connectivity index (χ0n) is 9.10. The molecule has 0 amide bonds. The van der Waals surface area contributed by atoms with Crippen LogP contribution in [0, 0.1) is 5.82 Å². The van der Waals surface area contributed by atoms with E-state index in [9.17, 15) is 9.18 Å². The Labute approximate surface area is 107 Å². The van der Waals surface area contributed by atoms with Crippen LogP contribution in [-0.2, 0) is 6.42 Å². The van der Waals surface area contributed by atoms with Crippen molar-refractivity contribution >= 4 is 17.6 Å². The second-order valence-electron chi connectivity index (χ2n) is 3.60. The lowest BCUT2D eigenvalue weighted by Gasteiger charge is -2.02. The molecule has 2 aromatic rings. The summed E-state index contributed by atoms with van der Waals surface area (Å²) in [7, 11) is 0. The zero-order valence-corrected chi connectivity index (χ0v) is 9.86. The SMILES string of the molecule is O=C(O)c1cnc(Cc2ccc(F)cc2)nc1Cl. The predicted octanol–water partition coefficient (Wildman–Crippen LogP) is 2.56. The topological polar surface area (TPSA) is 63.1 Å². The standard InChI is InChI=1S/C12H8ClFN2O2/c13-11-9(12(17)18)6-15-10(16-11)5-7-1-3-8(14)4-2-7/h1-4,6H,5H2,(H,17,18). The molecule has 1 aromatic heterocycles. The van der Waals surface area contributed by atoms with Gasteiger partial charge < -0.3 is 5.11 Å². The number of aromatic nitrogens is 2. The van der Waals surface area contributed by atoms with Gasteiger partial charge in [-0.15, -0.1) is 0 Å². The molecule has 4 nitrogen and oxygen atoms in total. The number of hydrogen-bond acceptors (Lipinski definition) is 3. The summed E-state index contributed by atoms with van der Waals surface area (Å²) >= 11 is 5.72. The lowest BCUT2D eigenvalue weighted by atomic mass is 10.1. The molecule has 6 heteroatoms. The number of carboxylic acid groups (broad SMARTS) is 1. The Bertz CT molecular complexity index is 587. The van der Waals surface area contributed by atoms with E-state index >= 15 is 0 Å². The highest BCUT2D eigenvalue weighted by molar-refractivity contribution is 6.32. The van der Waals surface area contributed by atoms with E-state index in [2.05, 4.69) is 9.97 Å². The molecule has 0 bridgehead atoms. The van der Waals surface area contributed by atoms with Crippen molar-refractivity contribution in [2.45, 2.75) is 6.42 Å². The molecule has 0 spiro atoms. The average Bonchev–Trinajstić information content (AvgIpc) is 2.32. The van der Waals surface area contributed by atoms with Crippen LogP contribution in [0.2, 0.25) is 5.15 Å². The number of carboxylic acids is 1. The molecular weight excluding hydrogens is 259 g/mol. The Hall–Kier alpha value is -2.01. The van der Waals surface area contributed by atoms with Crippen molar-refractivity contribution in [3.05, 3.63) is 58.4 Å². The van der Waals surface area contributed by atoms with Crippen LogP contribution in [0.5, 0.6) is 0 Å². The first-order valence-corrected chi connectivity index (χ1v) is 5.43. The minimum Gasteiger partial charge on any atom is -0.478 e. The van der Waals surface area contributed by atoms with Crippen molar-refractivity contribution < 1.29 is 14.3 Å². The van der Waals surface area contributed by atoms with E-state index in [4.69, 9.17) is 16.7 Å². The van der Waals surface area contributed by atoms with Gasteiger partial charge in [0.2, 0.25) is 0 Å². The van der Waals surface area contributed by atoms with Gasteiger partial charge in [0.05, 0.1) is 0 Å². The Balaban J connectivity index is 2.22. The van der Waals surface area contributed by atoms with Crippen molar-refractivity contribution in [2.24, 2.45) is 0 Å². The molecule has 1 aromatic carbocycles. The molecule has 92 valence electrons. The van der Waals surface area contributed by atoms with Gasteiger partial charge in [-0.1, -0.05) is 23.7 Å². The minimum absolute atomic E-state index is 0.102. The van der Waals surface area contributed by atoms with Gasteiger partial charge >= 0.3 is 5.97 Å². The number of nitrogens with zero attached hydrogens (tertiary/aromatic N) is 2. The van der Waals surface area contributed by atoms with Gasteiger partial charge in [-0.3, -0.25) is 0 Å². The number of benzene rings is 1. The third-order valence-corrected chi connectivity index (χ3v) is 2.59. The summed E-state index contributed by atoms with van der Waals surface area (Å²) in [5.41, 5.74) is 0.676. The van der Waals surface area contributed by atoms with Gasteiger partial charge in [0, 0.05) is 12.6 Å². The molecule has 0 unspecified atom stereocenters. The second-order valence-corrected chi connectivity index (χ2v) is 3.96. The fraction of sp³-hybridized carbons (Fsp3) is 0.0833. The average molecular weight is 267 g/mol. The maximum atomic E-state index is 12.7. The number of halogens is 2. The van der Waals surface area contributed by atoms with E-state index in [1.807, 2.05) is 0 Å². The van der Waals surface area contributed by atoms with Crippen LogP contribution in [0.4, 0.5) is 4.39 Å². The monoisotopic (exact) mass is 266 g/mol. The first-order chi connectivity index (χ1) is 8.56. The van der Waals surface area contributed by atoms with E-state index < -0.39 is 5.97 Å². The van der Waals surface area contributed by atoms with Crippen molar-refractivity contribution in [3.8, 4) is 0 Å². The Morgan fingerprint density at radius 2 is 2.00 bits per heavy atom. The van der Waals surface area contributed by atoms with Crippen molar-refractivity contribution in [2.75, 3.05) is 0 Å². The summed E-state index contributed by atoms with van der Waals surface area (Å²) < 4.78 is 12.7. The molecule has 2 rings (SSSR count). The zero-order chi connectivity index (χ0) is 13.1. The number of carbonyl (C=O) groups is 1. The van der Waals surface area contributed by atoms with E-state index in [-0.39, 0.29) is 16.5 Å². The summed E-state index contributed by atoms with van der Waals surface area (Å²) in [6.45, 7) is 0. The molecule has 0 aliphatic carbocycles. The summed E-state index contributed by atoms with van der Waals surface area (Å²) in [6, 6.07) is 5.89. The highest BCUT2D eigenvalue weighted by atomic mass is 35.5. The first kappa shape index (κ1) is 12.4. The fourth-order valence-corrected chi connectivity index (χ4v) is 1.64. The maximum Gasteiger partial charge on any atom is 0.340 e. The molecule has 0 atom stereocenters. The fourth-order valence-electron chi connectivity index (χ4n) is 1.41. The molecule has 0 fully saturated rings. The smallest absolute Gasteiger partial charge is 0.340 e. The van der Waals surface area contributed by atoms with Crippen LogP contribution in [0.25, 0.3) is 0 Å². The van der Waals surface area contributed by atoms with E-state index in [1.165, 1.54) is 12.1 Å². The van der Waals surface area contributed by atoms with Gasteiger partial charge in [0.1, 0.15) is 22.4 Å². The second kappa shape index (κ2) is 5.10. The first-order valence-electron chi connectivity index (χ1n) is 5.05. The highest BCUT2D eigenvalue weighted by Gasteiger charge is 2.11. The van der Waals surface area contributed by atoms with Gasteiger partial charge in [0.15, 0.2) is 0 Å². The van der Waals surface area contributed by atoms with Crippen LogP contribution < -0.4 is 0 Å². The van der Waals surface area contributed by atoms with Crippen LogP contribution in [0.3, 0.4) is 0 Å². The highest BCUT2D eigenvalue weighted by Crippen LogP contribution is 2.14. The summed E-state index contributed by atoms with van der Waals surface area (Å²) in [6.07, 6.45) is 1.52. The molecule has 1 N–H and O–H groups in total. The summed E-state index contributed by atoms with van der Waals surface area (Å²) in [5.74, 6) is -1.11. The van der Waals surface area contributed by atoms with Crippen LogP contribution in [-0.4, -0.2) is 21.0 Å². The summed E-state index contributed by atoms with van der Waals surface area (Å²) in [4.78, 5) is 18.5. The lowest BCUT2D eigenvalue weighted by molar-refractivity contribution is 0.0696. The molecule has 0 radical (unpaired) electrons. The predicted molar refractivity (Wildman–Crippen MR) is 63.2 cm³/mol. The molecule has 1 heterocycles. The molecular formula is C12H8ClFN2O2. The van der Waals surface area contributed by atoms with Crippen LogP contribution >= 0.6 is 11.6 Å². The summed E-state index contributed by atoms with van der Waals surface area (Å²) in [5, 5.41) is 8.67.